The molecule has 0 radical (unpaired) electrons. The summed E-state index contributed by atoms with van der Waals surface area (Å²) in [5.41, 5.74) is 0.365. The molecule has 110 valence electrons. The van der Waals surface area contributed by atoms with Crippen molar-refractivity contribution >= 4 is 15.9 Å². The van der Waals surface area contributed by atoms with Crippen LogP contribution in [0, 0.1) is 11.7 Å². The Kier molecular flexibility index (Phi) is 4.16. The number of hydrogen-bond acceptors (Lipinski definition) is 2. The van der Waals surface area contributed by atoms with Crippen LogP contribution < -0.4 is 0 Å². The summed E-state index contributed by atoms with van der Waals surface area (Å²) in [6.07, 6.45) is 5.50. The second kappa shape index (κ2) is 5.74. The molecule has 0 aromatic heterocycles. The van der Waals surface area contributed by atoms with Crippen LogP contribution in [0.3, 0.4) is 0 Å². The van der Waals surface area contributed by atoms with Crippen LogP contribution in [0.5, 0.6) is 0 Å². The molecule has 4 heteroatoms. The lowest BCUT2D eigenvalue weighted by atomic mass is 9.80. The van der Waals surface area contributed by atoms with Gasteiger partial charge < -0.3 is 9.84 Å². The summed E-state index contributed by atoms with van der Waals surface area (Å²) in [5.74, 6) is -0.239. The van der Waals surface area contributed by atoms with Crippen molar-refractivity contribution in [1.82, 2.24) is 0 Å². The van der Waals surface area contributed by atoms with Crippen LogP contribution >= 0.6 is 15.9 Å². The van der Waals surface area contributed by atoms with Crippen LogP contribution in [0.4, 0.5) is 4.39 Å². The van der Waals surface area contributed by atoms with E-state index in [0.717, 1.165) is 25.7 Å². The van der Waals surface area contributed by atoms with Gasteiger partial charge in [0.25, 0.3) is 0 Å². The Balaban J connectivity index is 1.77. The minimum absolute atomic E-state index is 0.0459. The Morgan fingerprint density at radius 1 is 1.35 bits per heavy atom. The van der Waals surface area contributed by atoms with Gasteiger partial charge in [-0.05, 0) is 43.7 Å². The molecular weight excluding hydrogens is 323 g/mol. The van der Waals surface area contributed by atoms with Crippen LogP contribution in [0.15, 0.2) is 22.7 Å². The molecule has 1 aromatic rings. The first-order chi connectivity index (χ1) is 9.60. The van der Waals surface area contributed by atoms with Gasteiger partial charge in [-0.3, -0.25) is 0 Å². The second-order valence-corrected chi connectivity index (χ2v) is 7.02. The van der Waals surface area contributed by atoms with Gasteiger partial charge in [0.1, 0.15) is 5.82 Å². The van der Waals surface area contributed by atoms with Gasteiger partial charge >= 0.3 is 0 Å². The van der Waals surface area contributed by atoms with Gasteiger partial charge in [-0.2, -0.15) is 0 Å². The standard InChI is InChI=1S/C16H20BrFO2/c17-12-3-4-13(14(18)9-12)15(19)11-5-8-20-16(10-11)6-1-2-7-16/h3-4,9,11,15,19H,1-2,5-8,10H2. The molecule has 0 bridgehead atoms. The van der Waals surface area contributed by atoms with Gasteiger partial charge in [-0.15, -0.1) is 0 Å². The molecule has 1 saturated carbocycles. The maximum absolute atomic E-state index is 14.0. The van der Waals surface area contributed by atoms with E-state index in [1.807, 2.05) is 0 Å². The van der Waals surface area contributed by atoms with Gasteiger partial charge in [-0.1, -0.05) is 34.8 Å². The molecule has 1 aliphatic heterocycles. The average Bonchev–Trinajstić information content (AvgIpc) is 2.86. The minimum Gasteiger partial charge on any atom is -0.388 e. The van der Waals surface area contributed by atoms with Gasteiger partial charge in [0.15, 0.2) is 0 Å². The van der Waals surface area contributed by atoms with Gasteiger partial charge in [0, 0.05) is 16.6 Å². The maximum atomic E-state index is 14.0. The molecule has 1 aliphatic carbocycles. The summed E-state index contributed by atoms with van der Waals surface area (Å²) in [6.45, 7) is 0.680. The van der Waals surface area contributed by atoms with Gasteiger partial charge in [0.2, 0.25) is 0 Å². The SMILES string of the molecule is OC(c1ccc(Br)cc1F)C1CCOC2(CCCC2)C1. The zero-order chi connectivity index (χ0) is 14.2. The van der Waals surface area contributed by atoms with Crippen molar-refractivity contribution in [3.63, 3.8) is 0 Å². The summed E-state index contributed by atoms with van der Waals surface area (Å²) in [6, 6.07) is 4.89. The van der Waals surface area contributed by atoms with E-state index >= 15 is 0 Å². The third-order valence-electron chi connectivity index (χ3n) is 4.77. The second-order valence-electron chi connectivity index (χ2n) is 6.10. The Hall–Kier alpha value is -0.450. The van der Waals surface area contributed by atoms with E-state index in [-0.39, 0.29) is 17.3 Å². The monoisotopic (exact) mass is 342 g/mol. The third-order valence-corrected chi connectivity index (χ3v) is 5.27. The molecule has 1 heterocycles. The number of aliphatic hydroxyl groups excluding tert-OH is 1. The van der Waals surface area contributed by atoms with Crippen molar-refractivity contribution in [2.75, 3.05) is 6.61 Å². The lowest BCUT2D eigenvalue weighted by molar-refractivity contribution is -0.113. The smallest absolute Gasteiger partial charge is 0.130 e. The normalized spacial score (nSPS) is 26.9. The first-order valence-electron chi connectivity index (χ1n) is 7.37. The van der Waals surface area contributed by atoms with E-state index in [9.17, 15) is 9.50 Å². The lowest BCUT2D eigenvalue weighted by Crippen LogP contribution is -2.39. The summed E-state index contributed by atoms with van der Waals surface area (Å²) < 4.78 is 20.7. The van der Waals surface area contributed by atoms with E-state index in [1.54, 1.807) is 12.1 Å². The Bertz CT molecular complexity index is 485. The highest BCUT2D eigenvalue weighted by atomic mass is 79.9. The number of halogens is 2. The van der Waals surface area contributed by atoms with Crippen molar-refractivity contribution < 1.29 is 14.2 Å². The molecule has 1 N–H and O–H groups in total. The molecule has 3 rings (SSSR count). The van der Waals surface area contributed by atoms with Crippen molar-refractivity contribution in [3.05, 3.63) is 34.1 Å². The number of rotatable bonds is 2. The molecule has 2 fully saturated rings. The highest BCUT2D eigenvalue weighted by Gasteiger charge is 2.42. The van der Waals surface area contributed by atoms with E-state index in [2.05, 4.69) is 15.9 Å². The quantitative estimate of drug-likeness (QED) is 0.865. The first kappa shape index (κ1) is 14.5. The summed E-state index contributed by atoms with van der Waals surface area (Å²) in [7, 11) is 0. The number of ether oxygens (including phenoxy) is 1. The zero-order valence-electron chi connectivity index (χ0n) is 11.4. The molecule has 2 aliphatic rings. The van der Waals surface area contributed by atoms with E-state index in [0.29, 0.717) is 16.6 Å². The van der Waals surface area contributed by atoms with Crippen LogP contribution in [0.2, 0.25) is 0 Å². The highest BCUT2D eigenvalue weighted by Crippen LogP contribution is 2.45. The molecule has 2 nitrogen and oxygen atoms in total. The third kappa shape index (κ3) is 2.78. The summed E-state index contributed by atoms with van der Waals surface area (Å²) in [4.78, 5) is 0. The number of aliphatic hydroxyl groups is 1. The molecule has 1 saturated heterocycles. The molecule has 2 atom stereocenters. The predicted molar refractivity (Wildman–Crippen MR) is 78.9 cm³/mol. The minimum atomic E-state index is -0.732. The molecular formula is C16H20BrFO2. The first-order valence-corrected chi connectivity index (χ1v) is 8.16. The van der Waals surface area contributed by atoms with E-state index in [1.165, 1.54) is 18.9 Å². The fourth-order valence-electron chi connectivity index (χ4n) is 3.70. The molecule has 1 spiro atoms. The van der Waals surface area contributed by atoms with E-state index < -0.39 is 6.10 Å². The Morgan fingerprint density at radius 3 is 2.80 bits per heavy atom. The van der Waals surface area contributed by atoms with Crippen molar-refractivity contribution in [1.29, 1.82) is 0 Å². The van der Waals surface area contributed by atoms with Crippen molar-refractivity contribution in [2.24, 2.45) is 5.92 Å². The van der Waals surface area contributed by atoms with Crippen molar-refractivity contribution in [3.8, 4) is 0 Å². The topological polar surface area (TPSA) is 29.5 Å². The lowest BCUT2D eigenvalue weighted by Gasteiger charge is -2.40. The van der Waals surface area contributed by atoms with Crippen LogP contribution in [0.1, 0.15) is 50.2 Å². The number of hydrogen-bond donors (Lipinski definition) is 1. The highest BCUT2D eigenvalue weighted by molar-refractivity contribution is 9.10. The fraction of sp³-hybridized carbons (Fsp3) is 0.625. The van der Waals surface area contributed by atoms with Gasteiger partial charge in [-0.25, -0.2) is 4.39 Å². The van der Waals surface area contributed by atoms with Crippen molar-refractivity contribution in [2.45, 2.75) is 50.2 Å². The summed E-state index contributed by atoms with van der Waals surface area (Å²) >= 11 is 3.25. The molecule has 2 unspecified atom stereocenters. The number of benzene rings is 1. The molecule has 20 heavy (non-hydrogen) atoms. The Labute approximate surface area is 127 Å². The summed E-state index contributed by atoms with van der Waals surface area (Å²) in [5, 5.41) is 10.5. The fourth-order valence-corrected chi connectivity index (χ4v) is 4.03. The maximum Gasteiger partial charge on any atom is 0.130 e. The average molecular weight is 343 g/mol. The van der Waals surface area contributed by atoms with Crippen LogP contribution in [-0.2, 0) is 4.74 Å². The van der Waals surface area contributed by atoms with Crippen LogP contribution in [-0.4, -0.2) is 17.3 Å². The Morgan fingerprint density at radius 2 is 2.10 bits per heavy atom. The van der Waals surface area contributed by atoms with Crippen LogP contribution in [0.25, 0.3) is 0 Å². The van der Waals surface area contributed by atoms with Gasteiger partial charge in [0.05, 0.1) is 11.7 Å². The largest absolute Gasteiger partial charge is 0.388 e. The molecule has 0 amide bonds. The predicted octanol–water partition coefficient (Wildman–Crippen LogP) is 4.36. The molecule has 1 aromatic carbocycles. The zero-order valence-corrected chi connectivity index (χ0v) is 13.0. The van der Waals surface area contributed by atoms with E-state index in [4.69, 9.17) is 4.74 Å².